The standard InChI is InChI=1S/C14H20ClN/c1-11(8-15)9-16-10-12-5-6-13-3-2-4-14(13)7-12/h5-7,11,16H,2-4,8-10H2,1H3. The minimum Gasteiger partial charge on any atom is -0.312 e. The molecule has 0 heterocycles. The van der Waals surface area contributed by atoms with Crippen molar-refractivity contribution in [1.29, 1.82) is 0 Å². The smallest absolute Gasteiger partial charge is 0.0261 e. The first-order valence-electron chi connectivity index (χ1n) is 6.17. The average molecular weight is 238 g/mol. The second-order valence-electron chi connectivity index (χ2n) is 4.85. The second kappa shape index (κ2) is 5.70. The molecule has 0 saturated heterocycles. The van der Waals surface area contributed by atoms with Crippen LogP contribution in [0.25, 0.3) is 0 Å². The zero-order valence-electron chi connectivity index (χ0n) is 9.93. The third kappa shape index (κ3) is 2.99. The van der Waals surface area contributed by atoms with Gasteiger partial charge in [0.25, 0.3) is 0 Å². The third-order valence-electron chi connectivity index (χ3n) is 3.25. The van der Waals surface area contributed by atoms with Gasteiger partial charge in [0, 0.05) is 12.4 Å². The first kappa shape index (κ1) is 11.9. The van der Waals surface area contributed by atoms with Crippen molar-refractivity contribution in [2.24, 2.45) is 5.92 Å². The maximum absolute atomic E-state index is 5.77. The van der Waals surface area contributed by atoms with Crippen LogP contribution in [0, 0.1) is 5.92 Å². The van der Waals surface area contributed by atoms with E-state index in [4.69, 9.17) is 11.6 Å². The first-order valence-corrected chi connectivity index (χ1v) is 6.70. The summed E-state index contributed by atoms with van der Waals surface area (Å²) in [6, 6.07) is 6.91. The van der Waals surface area contributed by atoms with Crippen LogP contribution in [0.5, 0.6) is 0 Å². The fourth-order valence-corrected chi connectivity index (χ4v) is 2.36. The Balaban J connectivity index is 1.86. The topological polar surface area (TPSA) is 12.0 Å². The second-order valence-corrected chi connectivity index (χ2v) is 5.16. The predicted octanol–water partition coefficient (Wildman–Crippen LogP) is 3.14. The molecule has 16 heavy (non-hydrogen) atoms. The van der Waals surface area contributed by atoms with E-state index >= 15 is 0 Å². The molecule has 0 saturated carbocycles. The third-order valence-corrected chi connectivity index (χ3v) is 3.78. The van der Waals surface area contributed by atoms with Crippen LogP contribution in [0.15, 0.2) is 18.2 Å². The summed E-state index contributed by atoms with van der Waals surface area (Å²) in [6.45, 7) is 4.14. The molecule has 0 aromatic heterocycles. The highest BCUT2D eigenvalue weighted by Crippen LogP contribution is 2.22. The molecule has 1 nitrogen and oxygen atoms in total. The molecule has 1 aromatic carbocycles. The normalized spacial score (nSPS) is 16.1. The molecule has 2 rings (SSSR count). The zero-order chi connectivity index (χ0) is 11.4. The zero-order valence-corrected chi connectivity index (χ0v) is 10.7. The van der Waals surface area contributed by atoms with Gasteiger partial charge in [-0.2, -0.15) is 0 Å². The minimum absolute atomic E-state index is 0.552. The number of benzene rings is 1. The van der Waals surface area contributed by atoms with Gasteiger partial charge in [0.2, 0.25) is 0 Å². The Morgan fingerprint density at radius 3 is 2.94 bits per heavy atom. The van der Waals surface area contributed by atoms with E-state index in [1.54, 1.807) is 11.1 Å². The lowest BCUT2D eigenvalue weighted by Gasteiger charge is -2.10. The maximum Gasteiger partial charge on any atom is 0.0261 e. The lowest BCUT2D eigenvalue weighted by Crippen LogP contribution is -2.21. The number of nitrogens with one attached hydrogen (secondary N) is 1. The van der Waals surface area contributed by atoms with Crippen LogP contribution in [0.4, 0.5) is 0 Å². The molecule has 0 aliphatic heterocycles. The van der Waals surface area contributed by atoms with Gasteiger partial charge in [-0.25, -0.2) is 0 Å². The largest absolute Gasteiger partial charge is 0.312 e. The number of halogens is 1. The Kier molecular flexibility index (Phi) is 4.25. The molecular weight excluding hydrogens is 218 g/mol. The summed E-state index contributed by atoms with van der Waals surface area (Å²) in [6.07, 6.45) is 3.86. The van der Waals surface area contributed by atoms with E-state index in [0.29, 0.717) is 5.92 Å². The fourth-order valence-electron chi connectivity index (χ4n) is 2.25. The molecule has 0 radical (unpaired) electrons. The van der Waals surface area contributed by atoms with Gasteiger partial charge in [0.1, 0.15) is 0 Å². The SMILES string of the molecule is CC(CCl)CNCc1ccc2c(c1)CCC2. The van der Waals surface area contributed by atoms with Crippen molar-refractivity contribution in [2.75, 3.05) is 12.4 Å². The van der Waals surface area contributed by atoms with Crippen molar-refractivity contribution < 1.29 is 0 Å². The van der Waals surface area contributed by atoms with E-state index in [1.165, 1.54) is 24.8 Å². The van der Waals surface area contributed by atoms with Crippen LogP contribution in [0.1, 0.15) is 30.0 Å². The van der Waals surface area contributed by atoms with Crippen LogP contribution in [-0.2, 0) is 19.4 Å². The average Bonchev–Trinajstić information content (AvgIpc) is 2.76. The number of alkyl halides is 1. The van der Waals surface area contributed by atoms with Crippen LogP contribution >= 0.6 is 11.6 Å². The molecule has 1 unspecified atom stereocenters. The van der Waals surface area contributed by atoms with Gasteiger partial charge in [-0.15, -0.1) is 11.6 Å². The van der Waals surface area contributed by atoms with Crippen molar-refractivity contribution >= 4 is 11.6 Å². The molecule has 1 aliphatic rings. The van der Waals surface area contributed by atoms with E-state index in [0.717, 1.165) is 19.0 Å². The van der Waals surface area contributed by atoms with E-state index < -0.39 is 0 Å². The van der Waals surface area contributed by atoms with Gasteiger partial charge in [-0.1, -0.05) is 25.1 Å². The summed E-state index contributed by atoms with van der Waals surface area (Å²) in [5.74, 6) is 1.29. The van der Waals surface area contributed by atoms with Gasteiger partial charge < -0.3 is 5.32 Å². The summed E-state index contributed by atoms with van der Waals surface area (Å²) < 4.78 is 0. The van der Waals surface area contributed by atoms with E-state index in [9.17, 15) is 0 Å². The molecule has 1 aliphatic carbocycles. The molecule has 1 N–H and O–H groups in total. The maximum atomic E-state index is 5.77. The monoisotopic (exact) mass is 237 g/mol. The van der Waals surface area contributed by atoms with Gasteiger partial charge in [-0.3, -0.25) is 0 Å². The highest BCUT2D eigenvalue weighted by molar-refractivity contribution is 6.18. The highest BCUT2D eigenvalue weighted by atomic mass is 35.5. The number of fused-ring (bicyclic) bond motifs is 1. The van der Waals surface area contributed by atoms with Gasteiger partial charge in [-0.05, 0) is 48.4 Å². The van der Waals surface area contributed by atoms with Crippen LogP contribution in [-0.4, -0.2) is 12.4 Å². The number of rotatable bonds is 5. The van der Waals surface area contributed by atoms with E-state index in [1.807, 2.05) is 0 Å². The summed E-state index contributed by atoms with van der Waals surface area (Å²) >= 11 is 5.77. The van der Waals surface area contributed by atoms with Crippen molar-refractivity contribution in [2.45, 2.75) is 32.7 Å². The minimum atomic E-state index is 0.552. The van der Waals surface area contributed by atoms with Crippen molar-refractivity contribution in [1.82, 2.24) is 5.32 Å². The van der Waals surface area contributed by atoms with Gasteiger partial charge >= 0.3 is 0 Å². The molecule has 0 spiro atoms. The highest BCUT2D eigenvalue weighted by Gasteiger charge is 2.10. The van der Waals surface area contributed by atoms with Crippen molar-refractivity contribution in [3.05, 3.63) is 34.9 Å². The van der Waals surface area contributed by atoms with Crippen molar-refractivity contribution in [3.8, 4) is 0 Å². The summed E-state index contributed by atoms with van der Waals surface area (Å²) in [4.78, 5) is 0. The summed E-state index contributed by atoms with van der Waals surface area (Å²) in [7, 11) is 0. The predicted molar refractivity (Wildman–Crippen MR) is 70.1 cm³/mol. The molecule has 1 aromatic rings. The Hall–Kier alpha value is -0.530. The molecule has 88 valence electrons. The van der Waals surface area contributed by atoms with Crippen LogP contribution in [0.3, 0.4) is 0 Å². The van der Waals surface area contributed by atoms with E-state index in [2.05, 4.69) is 30.4 Å². The van der Waals surface area contributed by atoms with Crippen molar-refractivity contribution in [3.63, 3.8) is 0 Å². The lowest BCUT2D eigenvalue weighted by molar-refractivity contribution is 0.556. The lowest BCUT2D eigenvalue weighted by atomic mass is 10.1. The molecule has 0 fully saturated rings. The van der Waals surface area contributed by atoms with Gasteiger partial charge in [0.15, 0.2) is 0 Å². The van der Waals surface area contributed by atoms with Crippen LogP contribution in [0.2, 0.25) is 0 Å². The van der Waals surface area contributed by atoms with Crippen LogP contribution < -0.4 is 5.32 Å². The quantitative estimate of drug-likeness (QED) is 0.776. The van der Waals surface area contributed by atoms with Gasteiger partial charge in [0.05, 0.1) is 0 Å². The number of hydrogen-bond acceptors (Lipinski definition) is 1. The molecule has 0 amide bonds. The summed E-state index contributed by atoms with van der Waals surface area (Å²) in [5.41, 5.74) is 4.52. The summed E-state index contributed by atoms with van der Waals surface area (Å²) in [5, 5.41) is 3.46. The molecule has 2 heteroatoms. The number of hydrogen-bond donors (Lipinski definition) is 1. The Morgan fingerprint density at radius 1 is 1.31 bits per heavy atom. The fraction of sp³-hybridized carbons (Fsp3) is 0.571. The Bertz CT molecular complexity index is 349. The molecule has 0 bridgehead atoms. The number of aryl methyl sites for hydroxylation is 2. The first-order chi connectivity index (χ1) is 7.79. The molecule has 1 atom stereocenters. The Morgan fingerprint density at radius 2 is 2.12 bits per heavy atom. The molecular formula is C14H20ClN. The Labute approximate surface area is 103 Å². The van der Waals surface area contributed by atoms with E-state index in [-0.39, 0.29) is 0 Å².